The zero-order valence-electron chi connectivity index (χ0n) is 15.7. The summed E-state index contributed by atoms with van der Waals surface area (Å²) in [4.78, 5) is 17.9. The Bertz CT molecular complexity index is 1310. The van der Waals surface area contributed by atoms with Gasteiger partial charge in [0.05, 0.1) is 17.1 Å². The summed E-state index contributed by atoms with van der Waals surface area (Å²) in [6.45, 7) is 2.17. The summed E-state index contributed by atoms with van der Waals surface area (Å²) in [5.74, 6) is 1.88. The van der Waals surface area contributed by atoms with E-state index in [1.54, 1.807) is 12.3 Å². The Morgan fingerprint density at radius 2 is 1.72 bits per heavy atom. The van der Waals surface area contributed by atoms with E-state index in [4.69, 9.17) is 14.5 Å². The smallest absolute Gasteiger partial charge is 0.282 e. The molecule has 4 aromatic rings. The number of hydrogen-bond donors (Lipinski definition) is 0. The summed E-state index contributed by atoms with van der Waals surface area (Å²) in [5, 5.41) is 5.03. The molecule has 29 heavy (non-hydrogen) atoms. The number of ether oxygens (including phenoxy) is 2. The highest BCUT2D eigenvalue weighted by Gasteiger charge is 2.16. The van der Waals surface area contributed by atoms with Crippen LogP contribution in [0.25, 0.3) is 22.3 Å². The normalized spacial score (nSPS) is 12.7. The molecule has 0 saturated carbocycles. The number of benzene rings is 3. The van der Waals surface area contributed by atoms with Crippen LogP contribution in [0.1, 0.15) is 11.1 Å². The molecule has 0 aliphatic carbocycles. The van der Waals surface area contributed by atoms with E-state index >= 15 is 0 Å². The lowest BCUT2D eigenvalue weighted by Crippen LogP contribution is -2.20. The number of nitrogens with zero attached hydrogens (tertiary/aromatic N) is 3. The zero-order valence-corrected chi connectivity index (χ0v) is 15.7. The molecule has 5 rings (SSSR count). The first-order valence-corrected chi connectivity index (χ1v) is 9.22. The Hall–Kier alpha value is -3.93. The van der Waals surface area contributed by atoms with Gasteiger partial charge in [0.15, 0.2) is 17.3 Å². The van der Waals surface area contributed by atoms with Gasteiger partial charge < -0.3 is 9.47 Å². The van der Waals surface area contributed by atoms with Crippen LogP contribution in [0, 0.1) is 6.92 Å². The van der Waals surface area contributed by atoms with E-state index in [9.17, 15) is 4.79 Å². The molecule has 1 aromatic heterocycles. The Morgan fingerprint density at radius 1 is 1.00 bits per heavy atom. The molecule has 3 aromatic carbocycles. The Kier molecular flexibility index (Phi) is 4.09. The van der Waals surface area contributed by atoms with Gasteiger partial charge in [0.2, 0.25) is 6.79 Å². The maximum atomic E-state index is 13.2. The van der Waals surface area contributed by atoms with E-state index in [1.165, 1.54) is 4.68 Å². The quantitative estimate of drug-likeness (QED) is 0.502. The third-order valence-corrected chi connectivity index (χ3v) is 4.86. The van der Waals surface area contributed by atoms with Crippen LogP contribution in [0.2, 0.25) is 0 Å². The highest BCUT2D eigenvalue weighted by atomic mass is 16.7. The van der Waals surface area contributed by atoms with Crippen LogP contribution in [0.5, 0.6) is 11.5 Å². The SMILES string of the molecule is Cc1cc2c(cc1C=Nn1c(-c3ccccc3)nc3ccccc3c1=O)OCO2. The number of hydrogen-bond acceptors (Lipinski definition) is 5. The van der Waals surface area contributed by atoms with Crippen LogP contribution >= 0.6 is 0 Å². The first-order chi connectivity index (χ1) is 14.2. The third-order valence-electron chi connectivity index (χ3n) is 4.86. The molecular weight excluding hydrogens is 366 g/mol. The van der Waals surface area contributed by atoms with Crippen LogP contribution in [0.15, 0.2) is 76.6 Å². The fraction of sp³-hybridized carbons (Fsp3) is 0.0870. The van der Waals surface area contributed by atoms with Gasteiger partial charge in [-0.2, -0.15) is 9.78 Å². The van der Waals surface area contributed by atoms with Crippen LogP contribution in [-0.2, 0) is 0 Å². The third kappa shape index (κ3) is 3.04. The van der Waals surface area contributed by atoms with Crippen molar-refractivity contribution in [3.8, 4) is 22.9 Å². The minimum Gasteiger partial charge on any atom is -0.454 e. The lowest BCUT2D eigenvalue weighted by Gasteiger charge is -2.10. The fourth-order valence-corrected chi connectivity index (χ4v) is 3.32. The molecule has 0 atom stereocenters. The molecule has 0 fully saturated rings. The first kappa shape index (κ1) is 17.2. The van der Waals surface area contributed by atoms with Gasteiger partial charge in [-0.15, -0.1) is 0 Å². The first-order valence-electron chi connectivity index (χ1n) is 9.22. The molecule has 1 aliphatic rings. The molecule has 0 spiro atoms. The van der Waals surface area contributed by atoms with Gasteiger partial charge in [-0.1, -0.05) is 42.5 Å². The van der Waals surface area contributed by atoms with E-state index in [0.29, 0.717) is 28.2 Å². The lowest BCUT2D eigenvalue weighted by atomic mass is 10.1. The second-order valence-electron chi connectivity index (χ2n) is 6.74. The number of fused-ring (bicyclic) bond motifs is 2. The highest BCUT2D eigenvalue weighted by molar-refractivity contribution is 5.84. The predicted octanol–water partition coefficient (Wildman–Crippen LogP) is 3.98. The molecule has 0 unspecified atom stereocenters. The monoisotopic (exact) mass is 383 g/mol. The van der Waals surface area contributed by atoms with Crippen molar-refractivity contribution in [2.45, 2.75) is 6.92 Å². The van der Waals surface area contributed by atoms with Crippen LogP contribution in [-0.4, -0.2) is 22.7 Å². The zero-order chi connectivity index (χ0) is 19.8. The summed E-state index contributed by atoms with van der Waals surface area (Å²) in [6.07, 6.45) is 1.65. The maximum Gasteiger partial charge on any atom is 0.282 e. The molecule has 0 radical (unpaired) electrons. The van der Waals surface area contributed by atoms with Gasteiger partial charge in [-0.3, -0.25) is 4.79 Å². The summed E-state index contributed by atoms with van der Waals surface area (Å²) < 4.78 is 12.2. The molecule has 6 heteroatoms. The minimum absolute atomic E-state index is 0.210. The average Bonchev–Trinajstić information content (AvgIpc) is 3.20. The van der Waals surface area contributed by atoms with E-state index in [0.717, 1.165) is 16.7 Å². The van der Waals surface area contributed by atoms with Gasteiger partial charge in [-0.05, 0) is 36.8 Å². The van der Waals surface area contributed by atoms with E-state index in [2.05, 4.69) is 5.10 Å². The number of para-hydroxylation sites is 1. The lowest BCUT2D eigenvalue weighted by molar-refractivity contribution is 0.174. The molecule has 0 N–H and O–H groups in total. The largest absolute Gasteiger partial charge is 0.454 e. The van der Waals surface area contributed by atoms with Crippen molar-refractivity contribution in [3.05, 3.63) is 88.2 Å². The summed E-state index contributed by atoms with van der Waals surface area (Å²) in [7, 11) is 0. The fourth-order valence-electron chi connectivity index (χ4n) is 3.32. The standard InChI is InChI=1S/C23H17N3O3/c1-15-11-20-21(29-14-28-20)12-17(15)13-24-26-22(16-7-3-2-4-8-16)25-19-10-6-5-9-18(19)23(26)27/h2-13H,14H2,1H3. The molecule has 2 heterocycles. The van der Waals surface area contributed by atoms with Crippen LogP contribution in [0.3, 0.4) is 0 Å². The minimum atomic E-state index is -0.218. The van der Waals surface area contributed by atoms with Crippen molar-refractivity contribution in [2.24, 2.45) is 5.10 Å². The second-order valence-corrected chi connectivity index (χ2v) is 6.74. The van der Waals surface area contributed by atoms with Gasteiger partial charge in [0, 0.05) is 11.1 Å². The van der Waals surface area contributed by atoms with Crippen molar-refractivity contribution in [3.63, 3.8) is 0 Å². The number of aryl methyl sites for hydroxylation is 1. The van der Waals surface area contributed by atoms with E-state index < -0.39 is 0 Å². The molecule has 0 bridgehead atoms. The molecule has 0 saturated heterocycles. The van der Waals surface area contributed by atoms with Gasteiger partial charge >= 0.3 is 0 Å². The Morgan fingerprint density at radius 3 is 2.55 bits per heavy atom. The summed E-state index contributed by atoms with van der Waals surface area (Å²) in [5.41, 5.74) is 3.05. The van der Waals surface area contributed by atoms with Crippen molar-refractivity contribution in [1.82, 2.24) is 9.66 Å². The Balaban J connectivity index is 1.69. The number of rotatable bonds is 3. The van der Waals surface area contributed by atoms with E-state index in [-0.39, 0.29) is 12.4 Å². The molecule has 1 aliphatic heterocycles. The van der Waals surface area contributed by atoms with Gasteiger partial charge in [0.1, 0.15) is 0 Å². The van der Waals surface area contributed by atoms with Crippen LogP contribution < -0.4 is 15.0 Å². The molecule has 6 nitrogen and oxygen atoms in total. The molecule has 142 valence electrons. The summed E-state index contributed by atoms with van der Waals surface area (Å²) >= 11 is 0. The van der Waals surface area contributed by atoms with Gasteiger partial charge in [-0.25, -0.2) is 4.98 Å². The summed E-state index contributed by atoms with van der Waals surface area (Å²) in [6, 6.07) is 20.6. The van der Waals surface area contributed by atoms with Crippen molar-refractivity contribution in [1.29, 1.82) is 0 Å². The van der Waals surface area contributed by atoms with Gasteiger partial charge in [0.25, 0.3) is 5.56 Å². The maximum absolute atomic E-state index is 13.2. The average molecular weight is 383 g/mol. The van der Waals surface area contributed by atoms with Crippen LogP contribution in [0.4, 0.5) is 0 Å². The van der Waals surface area contributed by atoms with Crippen molar-refractivity contribution in [2.75, 3.05) is 6.79 Å². The Labute approximate surface area is 166 Å². The number of aromatic nitrogens is 2. The highest BCUT2D eigenvalue weighted by Crippen LogP contribution is 2.34. The topological polar surface area (TPSA) is 65.7 Å². The molecular formula is C23H17N3O3. The van der Waals surface area contributed by atoms with Crippen molar-refractivity contribution < 1.29 is 9.47 Å². The molecule has 0 amide bonds. The second kappa shape index (κ2) is 6.91. The van der Waals surface area contributed by atoms with Crippen molar-refractivity contribution >= 4 is 17.1 Å². The predicted molar refractivity (Wildman–Crippen MR) is 112 cm³/mol. The van der Waals surface area contributed by atoms with E-state index in [1.807, 2.05) is 67.6 Å².